The molecule has 0 unspecified atom stereocenters. The summed E-state index contributed by atoms with van der Waals surface area (Å²) in [5, 5.41) is 13.5. The van der Waals surface area contributed by atoms with Gasteiger partial charge in [-0.15, -0.1) is 0 Å². The first-order valence-electron chi connectivity index (χ1n) is 18.9. The summed E-state index contributed by atoms with van der Waals surface area (Å²) >= 11 is 0. The van der Waals surface area contributed by atoms with Crippen molar-refractivity contribution < 1.29 is 47.7 Å². The predicted molar refractivity (Wildman–Crippen MR) is 230 cm³/mol. The number of Topliss-reactive ketones (excluding diaryl/α,β-unsaturated/α-hetero) is 4. The molecule has 314 valence electrons. The monoisotopic (exact) mass is 820 g/mol. The highest BCUT2D eigenvalue weighted by Crippen LogP contribution is 2.46. The molecule has 2 amide bonds. The molecule has 4 aromatic rings. The molecule has 0 spiro atoms. The van der Waals surface area contributed by atoms with E-state index in [2.05, 4.69) is 31.7 Å². The summed E-state index contributed by atoms with van der Waals surface area (Å²) in [4.78, 5) is 75.4. The zero-order valence-electron chi connectivity index (χ0n) is 34.7. The van der Waals surface area contributed by atoms with Crippen LogP contribution in [0.2, 0.25) is 0 Å². The summed E-state index contributed by atoms with van der Waals surface area (Å²) in [7, 11) is 2.91. The fourth-order valence-corrected chi connectivity index (χ4v) is 5.54. The van der Waals surface area contributed by atoms with E-state index in [-0.39, 0.29) is 22.9 Å². The SMILES string of the molecule is CCCOc1cc(-c2cc(OCCC)c(N/N=C(\C(C)=O)C(=O)Nc3cccc(C(C)=O)c3)cc2OC)c(OC)cc1N/N=C(\C(C)=O)C(=O)Nc1cccc(C(C)=O)c1. The lowest BCUT2D eigenvalue weighted by Gasteiger charge is -2.20. The van der Waals surface area contributed by atoms with Crippen LogP contribution in [0.3, 0.4) is 0 Å². The van der Waals surface area contributed by atoms with Crippen LogP contribution in [0.25, 0.3) is 11.1 Å². The number of hydrazone groups is 2. The molecule has 16 nitrogen and oxygen atoms in total. The summed E-state index contributed by atoms with van der Waals surface area (Å²) < 4.78 is 23.8. The molecule has 0 fully saturated rings. The molecule has 0 radical (unpaired) electrons. The van der Waals surface area contributed by atoms with Crippen molar-refractivity contribution >= 4 is 69.1 Å². The molecule has 0 saturated heterocycles. The first-order valence-corrected chi connectivity index (χ1v) is 18.9. The summed E-state index contributed by atoms with van der Waals surface area (Å²) in [5.74, 6) is -2.00. The van der Waals surface area contributed by atoms with Crippen molar-refractivity contribution in [3.05, 3.63) is 83.9 Å². The second-order valence-electron chi connectivity index (χ2n) is 13.2. The third-order valence-corrected chi connectivity index (χ3v) is 8.54. The highest BCUT2D eigenvalue weighted by Gasteiger charge is 2.23. The molecule has 0 aliphatic rings. The van der Waals surface area contributed by atoms with Crippen LogP contribution >= 0.6 is 0 Å². The van der Waals surface area contributed by atoms with E-state index in [1.165, 1.54) is 54.0 Å². The second kappa shape index (κ2) is 21.4. The number of anilines is 4. The lowest BCUT2D eigenvalue weighted by atomic mass is 10.0. The van der Waals surface area contributed by atoms with Gasteiger partial charge in [-0.25, -0.2) is 0 Å². The molecule has 0 saturated carbocycles. The molecule has 0 aliphatic heterocycles. The van der Waals surface area contributed by atoms with Crippen LogP contribution in [0.4, 0.5) is 22.7 Å². The summed E-state index contributed by atoms with van der Waals surface area (Å²) in [6.45, 7) is 9.66. The van der Waals surface area contributed by atoms with Gasteiger partial charge in [0.25, 0.3) is 11.8 Å². The lowest BCUT2D eigenvalue weighted by molar-refractivity contribution is -0.116. The van der Waals surface area contributed by atoms with Crippen LogP contribution < -0.4 is 40.4 Å². The third kappa shape index (κ3) is 11.8. The number of nitrogens with one attached hydrogen (secondary N) is 4. The molecule has 0 aromatic heterocycles. The number of benzene rings is 4. The highest BCUT2D eigenvalue weighted by atomic mass is 16.5. The smallest absolute Gasteiger partial charge is 0.279 e. The van der Waals surface area contributed by atoms with Gasteiger partial charge in [0.05, 0.1) is 27.4 Å². The van der Waals surface area contributed by atoms with Crippen LogP contribution in [0.5, 0.6) is 23.0 Å². The number of hydrogen-bond donors (Lipinski definition) is 4. The average molecular weight is 821 g/mol. The Bertz CT molecular complexity index is 2190. The Kier molecular flexibility index (Phi) is 16.2. The van der Waals surface area contributed by atoms with E-state index in [4.69, 9.17) is 18.9 Å². The Morgan fingerprint density at radius 3 is 1.23 bits per heavy atom. The van der Waals surface area contributed by atoms with Crippen molar-refractivity contribution in [3.63, 3.8) is 0 Å². The minimum Gasteiger partial charge on any atom is -0.496 e. The van der Waals surface area contributed by atoms with E-state index >= 15 is 0 Å². The number of carbonyl (C=O) groups excluding carboxylic acids is 6. The second-order valence-corrected chi connectivity index (χ2v) is 13.2. The standard InChI is InChI=1S/C44H48N6O10/c1-9-17-59-39-21-33(37(57-7)23-35(39)47-49-41(27(5)53)43(55)45-31-15-11-13-29(19-31)25(3)51)34-22-40(60-18-10-2)36(24-38(34)58-8)48-50-42(28(6)54)44(56)46-32-16-12-14-30(20-32)26(4)52/h11-16,19-24,47-48H,9-10,17-18H2,1-8H3,(H,45,55)(H,46,56)/b49-41+,50-42+. The van der Waals surface area contributed by atoms with Crippen LogP contribution in [0.1, 0.15) is 75.1 Å². The van der Waals surface area contributed by atoms with E-state index in [0.29, 0.717) is 82.7 Å². The average Bonchev–Trinajstić information content (AvgIpc) is 3.22. The van der Waals surface area contributed by atoms with Crippen molar-refractivity contribution in [3.8, 4) is 34.1 Å². The normalized spacial score (nSPS) is 11.2. The largest absolute Gasteiger partial charge is 0.496 e. The summed E-state index contributed by atoms with van der Waals surface area (Å²) in [6, 6.07) is 19.1. The Labute approximate surface area is 347 Å². The van der Waals surface area contributed by atoms with Gasteiger partial charge in [-0.1, -0.05) is 38.1 Å². The van der Waals surface area contributed by atoms with E-state index in [9.17, 15) is 28.8 Å². The van der Waals surface area contributed by atoms with Gasteiger partial charge in [0.15, 0.2) is 34.6 Å². The molecule has 4 aromatic carbocycles. The van der Waals surface area contributed by atoms with Gasteiger partial charge in [0.1, 0.15) is 34.4 Å². The zero-order chi connectivity index (χ0) is 43.9. The minimum atomic E-state index is -0.798. The van der Waals surface area contributed by atoms with Gasteiger partial charge < -0.3 is 29.6 Å². The van der Waals surface area contributed by atoms with Crippen molar-refractivity contribution in [2.45, 2.75) is 54.4 Å². The predicted octanol–water partition coefficient (Wildman–Crippen LogP) is 7.34. The first kappa shape index (κ1) is 45.3. The van der Waals surface area contributed by atoms with Crippen molar-refractivity contribution in [1.29, 1.82) is 0 Å². The molecule has 0 atom stereocenters. The summed E-state index contributed by atoms with van der Waals surface area (Å²) in [5.41, 5.74) is 7.62. The number of hydrogen-bond acceptors (Lipinski definition) is 14. The minimum absolute atomic E-state index is 0.189. The number of nitrogens with zero attached hydrogens (tertiary/aromatic N) is 2. The zero-order valence-corrected chi connectivity index (χ0v) is 34.7. The molecular formula is C44H48N6O10. The fraction of sp³-hybridized carbons (Fsp3) is 0.273. The lowest BCUT2D eigenvalue weighted by Crippen LogP contribution is -2.29. The molecule has 4 rings (SSSR count). The van der Waals surface area contributed by atoms with Gasteiger partial charge >= 0.3 is 0 Å². The molecule has 0 heterocycles. The molecule has 4 N–H and O–H groups in total. The molecule has 16 heteroatoms. The number of carbonyl (C=O) groups is 6. The van der Waals surface area contributed by atoms with E-state index in [1.54, 1.807) is 60.7 Å². The van der Waals surface area contributed by atoms with Gasteiger partial charge in [-0.05, 0) is 63.1 Å². The number of ether oxygens (including phenoxy) is 4. The topological polar surface area (TPSA) is 212 Å². The maximum Gasteiger partial charge on any atom is 0.279 e. The van der Waals surface area contributed by atoms with Crippen molar-refractivity contribution in [2.24, 2.45) is 10.2 Å². The molecule has 60 heavy (non-hydrogen) atoms. The van der Waals surface area contributed by atoms with Crippen LogP contribution in [-0.2, 0) is 19.2 Å². The number of ketones is 4. The van der Waals surface area contributed by atoms with Crippen molar-refractivity contribution in [1.82, 2.24) is 0 Å². The maximum absolute atomic E-state index is 13.2. The van der Waals surface area contributed by atoms with E-state index in [1.807, 2.05) is 13.8 Å². The van der Waals surface area contributed by atoms with Gasteiger partial charge in [-0.3, -0.25) is 39.6 Å². The maximum atomic E-state index is 13.2. The van der Waals surface area contributed by atoms with Gasteiger partial charge in [0.2, 0.25) is 0 Å². The Morgan fingerprint density at radius 2 is 0.917 bits per heavy atom. The van der Waals surface area contributed by atoms with Crippen molar-refractivity contribution in [2.75, 3.05) is 48.9 Å². The number of rotatable bonds is 21. The van der Waals surface area contributed by atoms with E-state index < -0.39 is 34.8 Å². The van der Waals surface area contributed by atoms with Gasteiger partial charge in [0, 0.05) is 59.6 Å². The van der Waals surface area contributed by atoms with E-state index in [0.717, 1.165) is 0 Å². The van der Waals surface area contributed by atoms with Crippen LogP contribution in [0.15, 0.2) is 83.0 Å². The third-order valence-electron chi connectivity index (χ3n) is 8.54. The van der Waals surface area contributed by atoms with Crippen LogP contribution in [-0.4, -0.2) is 73.8 Å². The first-order chi connectivity index (χ1) is 28.7. The van der Waals surface area contributed by atoms with Gasteiger partial charge in [-0.2, -0.15) is 10.2 Å². The quantitative estimate of drug-likeness (QED) is 0.0281. The molecular weight excluding hydrogens is 773 g/mol. The Morgan fingerprint density at radius 1 is 0.533 bits per heavy atom. The highest BCUT2D eigenvalue weighted by molar-refractivity contribution is 6.67. The Balaban J connectivity index is 1.74. The Hall–Kier alpha value is -7.36. The summed E-state index contributed by atoms with van der Waals surface area (Å²) in [6.07, 6.45) is 1.30. The molecule has 0 aliphatic carbocycles. The molecule has 0 bridgehead atoms. The van der Waals surface area contributed by atoms with Crippen LogP contribution in [0, 0.1) is 0 Å². The fourth-order valence-electron chi connectivity index (χ4n) is 5.54. The number of amides is 2. The number of methoxy groups -OCH3 is 2.